The van der Waals surface area contributed by atoms with Crippen molar-refractivity contribution in [1.29, 1.82) is 0 Å². The van der Waals surface area contributed by atoms with Crippen LogP contribution in [-0.2, 0) is 17.5 Å². The zero-order valence-corrected chi connectivity index (χ0v) is 16.2. The van der Waals surface area contributed by atoms with Crippen LogP contribution < -0.4 is 0 Å². The van der Waals surface area contributed by atoms with E-state index in [-0.39, 0.29) is 17.8 Å². The Kier molecular flexibility index (Phi) is 5.50. The summed E-state index contributed by atoms with van der Waals surface area (Å²) in [5.41, 5.74) is 0.935. The molecule has 0 N–H and O–H groups in total. The van der Waals surface area contributed by atoms with Gasteiger partial charge in [-0.25, -0.2) is 0 Å². The molecule has 0 radical (unpaired) electrons. The van der Waals surface area contributed by atoms with Gasteiger partial charge < -0.3 is 9.42 Å². The Morgan fingerprint density at radius 2 is 1.86 bits per heavy atom. The average molecular weight is 395 g/mol. The summed E-state index contributed by atoms with van der Waals surface area (Å²) >= 11 is 0. The molecule has 0 saturated heterocycles. The number of halogens is 3. The van der Waals surface area contributed by atoms with E-state index in [0.717, 1.165) is 31.2 Å². The molecule has 8 heteroatoms. The Bertz CT molecular complexity index is 824. The van der Waals surface area contributed by atoms with Gasteiger partial charge in [0.2, 0.25) is 11.7 Å². The molecule has 3 rings (SSSR count). The minimum Gasteiger partial charge on any atom is -0.335 e. The number of nitrogens with zero attached hydrogens (tertiary/aromatic N) is 3. The largest absolute Gasteiger partial charge is 0.471 e. The van der Waals surface area contributed by atoms with Crippen LogP contribution in [0.4, 0.5) is 13.2 Å². The van der Waals surface area contributed by atoms with Crippen LogP contribution in [-0.4, -0.2) is 27.0 Å². The summed E-state index contributed by atoms with van der Waals surface area (Å²) in [4.78, 5) is 18.3. The van der Waals surface area contributed by atoms with Gasteiger partial charge in [0.1, 0.15) is 0 Å². The summed E-state index contributed by atoms with van der Waals surface area (Å²) in [5, 5.41) is 3.39. The monoisotopic (exact) mass is 395 g/mol. The number of amides is 1. The van der Waals surface area contributed by atoms with Gasteiger partial charge in [-0.3, -0.25) is 4.79 Å². The minimum absolute atomic E-state index is 0.113. The number of aromatic nitrogens is 2. The molecule has 1 heterocycles. The van der Waals surface area contributed by atoms with E-state index in [1.807, 2.05) is 18.7 Å². The second kappa shape index (κ2) is 7.56. The van der Waals surface area contributed by atoms with Crippen molar-refractivity contribution in [2.75, 3.05) is 0 Å². The van der Waals surface area contributed by atoms with Crippen LogP contribution in [0.1, 0.15) is 57.9 Å². The van der Waals surface area contributed by atoms with Crippen LogP contribution in [0.15, 0.2) is 28.8 Å². The van der Waals surface area contributed by atoms with E-state index >= 15 is 0 Å². The third kappa shape index (κ3) is 4.54. The predicted molar refractivity (Wildman–Crippen MR) is 97.0 cm³/mol. The van der Waals surface area contributed by atoms with E-state index in [1.165, 1.54) is 0 Å². The van der Waals surface area contributed by atoms with Crippen molar-refractivity contribution in [2.45, 2.75) is 65.2 Å². The lowest BCUT2D eigenvalue weighted by atomic mass is 9.86. The fourth-order valence-corrected chi connectivity index (χ4v) is 3.29. The highest BCUT2D eigenvalue weighted by Gasteiger charge is 2.39. The predicted octanol–water partition coefficient (Wildman–Crippen LogP) is 5.07. The molecule has 1 aliphatic rings. The number of alkyl halides is 3. The molecule has 0 atom stereocenters. The van der Waals surface area contributed by atoms with Crippen molar-refractivity contribution in [2.24, 2.45) is 5.41 Å². The molecule has 28 heavy (non-hydrogen) atoms. The molecule has 2 aromatic rings. The molecule has 5 nitrogen and oxygen atoms in total. The second-order valence-corrected chi connectivity index (χ2v) is 7.92. The van der Waals surface area contributed by atoms with Crippen molar-refractivity contribution < 1.29 is 22.5 Å². The van der Waals surface area contributed by atoms with E-state index in [0.29, 0.717) is 12.1 Å². The van der Waals surface area contributed by atoms with Crippen LogP contribution in [0.2, 0.25) is 0 Å². The summed E-state index contributed by atoms with van der Waals surface area (Å²) in [6.45, 7) is 6.51. The third-order valence-electron chi connectivity index (χ3n) is 4.94. The van der Waals surface area contributed by atoms with Crippen molar-refractivity contribution in [3.63, 3.8) is 0 Å². The SMILES string of the molecule is CCCC(C)(C)C(=O)N(Cc1ccc(-c2noc(C(F)(F)F)n2)cc1)C1CC1. The summed E-state index contributed by atoms with van der Waals surface area (Å²) in [7, 11) is 0. The topological polar surface area (TPSA) is 59.2 Å². The quantitative estimate of drug-likeness (QED) is 0.657. The van der Waals surface area contributed by atoms with E-state index in [4.69, 9.17) is 0 Å². The average Bonchev–Trinajstić information content (AvgIpc) is 3.33. The molecular weight excluding hydrogens is 371 g/mol. The standard InChI is InChI=1S/C20H24F3N3O2/c1-4-11-19(2,3)18(27)26(15-9-10-15)12-13-5-7-14(8-6-13)16-24-17(28-25-16)20(21,22)23/h5-8,15H,4,9-12H2,1-3H3. The Labute approximate surface area is 161 Å². The van der Waals surface area contributed by atoms with Crippen molar-refractivity contribution in [3.8, 4) is 11.4 Å². The van der Waals surface area contributed by atoms with Crippen LogP contribution in [0.25, 0.3) is 11.4 Å². The molecule has 1 aliphatic carbocycles. The fraction of sp³-hybridized carbons (Fsp3) is 0.550. The number of hydrogen-bond acceptors (Lipinski definition) is 4. The van der Waals surface area contributed by atoms with Gasteiger partial charge in [-0.05, 0) is 24.8 Å². The Balaban J connectivity index is 1.74. The van der Waals surface area contributed by atoms with E-state index < -0.39 is 17.5 Å². The van der Waals surface area contributed by atoms with Crippen molar-refractivity contribution in [1.82, 2.24) is 15.0 Å². The number of carbonyl (C=O) groups is 1. The molecular formula is C20H24F3N3O2. The molecule has 0 bridgehead atoms. The lowest BCUT2D eigenvalue weighted by Gasteiger charge is -2.32. The zero-order chi connectivity index (χ0) is 20.5. The first-order valence-corrected chi connectivity index (χ1v) is 9.43. The first kappa shape index (κ1) is 20.4. The number of rotatable bonds is 7. The lowest BCUT2D eigenvalue weighted by molar-refractivity contribution is -0.159. The van der Waals surface area contributed by atoms with Crippen LogP contribution >= 0.6 is 0 Å². The van der Waals surface area contributed by atoms with Crippen LogP contribution in [0.5, 0.6) is 0 Å². The summed E-state index contributed by atoms with van der Waals surface area (Å²) < 4.78 is 42.1. The molecule has 1 aromatic heterocycles. The van der Waals surface area contributed by atoms with E-state index in [2.05, 4.69) is 21.6 Å². The van der Waals surface area contributed by atoms with Gasteiger partial charge >= 0.3 is 12.1 Å². The summed E-state index contributed by atoms with van der Waals surface area (Å²) in [6, 6.07) is 7.14. The van der Waals surface area contributed by atoms with E-state index in [9.17, 15) is 18.0 Å². The molecule has 152 valence electrons. The minimum atomic E-state index is -4.67. The third-order valence-corrected chi connectivity index (χ3v) is 4.94. The van der Waals surface area contributed by atoms with Crippen LogP contribution in [0, 0.1) is 5.41 Å². The van der Waals surface area contributed by atoms with Gasteiger partial charge in [0, 0.05) is 23.6 Å². The maximum atomic E-state index is 13.0. The fourth-order valence-electron chi connectivity index (χ4n) is 3.29. The van der Waals surface area contributed by atoms with Gasteiger partial charge in [0.15, 0.2) is 0 Å². The van der Waals surface area contributed by atoms with Crippen molar-refractivity contribution >= 4 is 5.91 Å². The second-order valence-electron chi connectivity index (χ2n) is 7.92. The molecule has 1 aromatic carbocycles. The zero-order valence-electron chi connectivity index (χ0n) is 16.2. The number of hydrogen-bond donors (Lipinski definition) is 0. The van der Waals surface area contributed by atoms with Gasteiger partial charge in [-0.1, -0.05) is 56.6 Å². The number of carbonyl (C=O) groups excluding carboxylic acids is 1. The first-order valence-electron chi connectivity index (χ1n) is 9.43. The molecule has 1 fully saturated rings. The first-order chi connectivity index (χ1) is 13.1. The normalized spacial score (nSPS) is 14.9. The Hall–Kier alpha value is -2.38. The maximum absolute atomic E-state index is 13.0. The molecule has 0 spiro atoms. The molecule has 1 saturated carbocycles. The molecule has 0 aliphatic heterocycles. The summed E-state index contributed by atoms with van der Waals surface area (Å²) in [5.74, 6) is -1.33. The summed E-state index contributed by atoms with van der Waals surface area (Å²) in [6.07, 6.45) is -0.879. The lowest BCUT2D eigenvalue weighted by Crippen LogP contribution is -2.41. The van der Waals surface area contributed by atoms with Gasteiger partial charge in [-0.2, -0.15) is 18.2 Å². The maximum Gasteiger partial charge on any atom is 0.471 e. The van der Waals surface area contributed by atoms with Gasteiger partial charge in [-0.15, -0.1) is 0 Å². The molecule has 1 amide bonds. The van der Waals surface area contributed by atoms with Crippen molar-refractivity contribution in [3.05, 3.63) is 35.7 Å². The van der Waals surface area contributed by atoms with Crippen LogP contribution in [0.3, 0.4) is 0 Å². The molecule has 0 unspecified atom stereocenters. The Morgan fingerprint density at radius 1 is 1.21 bits per heavy atom. The highest BCUT2D eigenvalue weighted by Crippen LogP contribution is 2.35. The number of benzene rings is 1. The van der Waals surface area contributed by atoms with E-state index in [1.54, 1.807) is 24.3 Å². The smallest absolute Gasteiger partial charge is 0.335 e. The van der Waals surface area contributed by atoms with Gasteiger partial charge in [0.05, 0.1) is 0 Å². The van der Waals surface area contributed by atoms with Gasteiger partial charge in [0.25, 0.3) is 0 Å². The Morgan fingerprint density at radius 3 is 2.36 bits per heavy atom. The highest BCUT2D eigenvalue weighted by atomic mass is 19.4. The highest BCUT2D eigenvalue weighted by molar-refractivity contribution is 5.82.